The van der Waals surface area contributed by atoms with Crippen LogP contribution in [0.15, 0.2) is 36.4 Å². The number of carbonyl (C=O) groups excluding carboxylic acids is 2. The molecule has 0 saturated carbocycles. The summed E-state index contributed by atoms with van der Waals surface area (Å²) in [6, 6.07) is 11.4. The standard InChI is InChI=1S/C28H35N3O5/c1-20-16-24-25(36-19-35-24)17-21(20)18-31-13-9-28(10-14-31)8-4-5-11-29-26(32)22-6-2-3-7-23(22)34-15-12-30-27(28)33/h2-3,6-7,16-17H,4-5,8-15,18-19H2,1H3,(H,29,32)(H,30,33). The number of nitrogens with one attached hydrogen (secondary N) is 2. The quantitative estimate of drug-likeness (QED) is 0.667. The fourth-order valence-electron chi connectivity index (χ4n) is 5.41. The first-order valence-electron chi connectivity index (χ1n) is 12.9. The number of likely N-dealkylation sites (tertiary alicyclic amines) is 1. The minimum Gasteiger partial charge on any atom is -0.491 e. The Kier molecular flexibility index (Phi) is 7.32. The van der Waals surface area contributed by atoms with Crippen molar-refractivity contribution in [1.29, 1.82) is 0 Å². The third-order valence-corrected chi connectivity index (χ3v) is 7.66. The van der Waals surface area contributed by atoms with Crippen LogP contribution in [0.5, 0.6) is 17.2 Å². The van der Waals surface area contributed by atoms with Crippen molar-refractivity contribution in [3.05, 3.63) is 53.1 Å². The molecule has 8 heteroatoms. The molecule has 36 heavy (non-hydrogen) atoms. The highest BCUT2D eigenvalue weighted by atomic mass is 16.7. The minimum absolute atomic E-state index is 0.117. The van der Waals surface area contributed by atoms with E-state index in [4.69, 9.17) is 14.2 Å². The molecule has 1 spiro atoms. The Labute approximate surface area is 212 Å². The maximum absolute atomic E-state index is 13.4. The summed E-state index contributed by atoms with van der Waals surface area (Å²) >= 11 is 0. The van der Waals surface area contributed by atoms with Gasteiger partial charge in [0.2, 0.25) is 12.7 Å². The van der Waals surface area contributed by atoms with Gasteiger partial charge in [0, 0.05) is 13.1 Å². The molecule has 5 rings (SSSR count). The molecule has 0 radical (unpaired) electrons. The molecule has 0 bridgehead atoms. The summed E-state index contributed by atoms with van der Waals surface area (Å²) in [5.74, 6) is 2.18. The van der Waals surface area contributed by atoms with Gasteiger partial charge >= 0.3 is 0 Å². The van der Waals surface area contributed by atoms with Gasteiger partial charge in [-0.2, -0.15) is 0 Å². The van der Waals surface area contributed by atoms with E-state index >= 15 is 0 Å². The number of aryl methyl sites for hydroxylation is 1. The highest BCUT2D eigenvalue weighted by Gasteiger charge is 2.40. The monoisotopic (exact) mass is 493 g/mol. The molecule has 192 valence electrons. The van der Waals surface area contributed by atoms with Gasteiger partial charge in [-0.15, -0.1) is 0 Å². The predicted molar refractivity (Wildman–Crippen MR) is 135 cm³/mol. The summed E-state index contributed by atoms with van der Waals surface area (Å²) in [6.07, 6.45) is 4.19. The molecule has 3 aliphatic heterocycles. The lowest BCUT2D eigenvalue weighted by Crippen LogP contribution is -2.49. The van der Waals surface area contributed by atoms with E-state index in [0.717, 1.165) is 63.2 Å². The van der Waals surface area contributed by atoms with Crippen LogP contribution in [-0.2, 0) is 11.3 Å². The van der Waals surface area contributed by atoms with E-state index in [1.165, 1.54) is 11.1 Å². The number of rotatable bonds is 2. The number of carbonyl (C=O) groups is 2. The van der Waals surface area contributed by atoms with Gasteiger partial charge in [-0.25, -0.2) is 0 Å². The molecule has 0 unspecified atom stereocenters. The number of piperidine rings is 1. The maximum Gasteiger partial charge on any atom is 0.255 e. The van der Waals surface area contributed by atoms with E-state index in [1.54, 1.807) is 12.1 Å². The molecule has 0 aliphatic carbocycles. The number of hydrogen-bond acceptors (Lipinski definition) is 6. The van der Waals surface area contributed by atoms with Crippen molar-refractivity contribution >= 4 is 11.8 Å². The van der Waals surface area contributed by atoms with Crippen molar-refractivity contribution in [1.82, 2.24) is 15.5 Å². The maximum atomic E-state index is 13.4. The molecule has 8 nitrogen and oxygen atoms in total. The number of para-hydroxylation sites is 1. The van der Waals surface area contributed by atoms with E-state index < -0.39 is 0 Å². The topological polar surface area (TPSA) is 89.1 Å². The van der Waals surface area contributed by atoms with E-state index in [9.17, 15) is 9.59 Å². The van der Waals surface area contributed by atoms with Gasteiger partial charge in [0.25, 0.3) is 5.91 Å². The first kappa shape index (κ1) is 24.4. The van der Waals surface area contributed by atoms with Crippen molar-refractivity contribution in [2.24, 2.45) is 5.41 Å². The summed E-state index contributed by atoms with van der Waals surface area (Å²) in [5, 5.41) is 6.13. The number of nitrogens with zero attached hydrogens (tertiary/aromatic N) is 1. The number of hydrogen-bond donors (Lipinski definition) is 2. The summed E-state index contributed by atoms with van der Waals surface area (Å²) in [5.41, 5.74) is 2.58. The molecule has 1 saturated heterocycles. The number of amides is 2. The van der Waals surface area contributed by atoms with Crippen molar-refractivity contribution in [2.75, 3.05) is 39.6 Å². The first-order valence-corrected chi connectivity index (χ1v) is 12.9. The Bertz CT molecular complexity index is 1110. The van der Waals surface area contributed by atoms with Crippen LogP contribution < -0.4 is 24.8 Å². The van der Waals surface area contributed by atoms with Crippen LogP contribution in [0.2, 0.25) is 0 Å². The average molecular weight is 494 g/mol. The van der Waals surface area contributed by atoms with E-state index in [1.807, 2.05) is 18.2 Å². The number of benzene rings is 2. The molecule has 2 aromatic rings. The third kappa shape index (κ3) is 5.28. The average Bonchev–Trinajstić information content (AvgIpc) is 3.34. The zero-order valence-corrected chi connectivity index (χ0v) is 20.9. The fourth-order valence-corrected chi connectivity index (χ4v) is 5.41. The van der Waals surface area contributed by atoms with Gasteiger partial charge in [0.05, 0.1) is 17.5 Å². The smallest absolute Gasteiger partial charge is 0.255 e. The Hall–Kier alpha value is -3.26. The normalized spacial score (nSPS) is 20.6. The largest absolute Gasteiger partial charge is 0.491 e. The van der Waals surface area contributed by atoms with Crippen molar-refractivity contribution in [3.8, 4) is 17.2 Å². The Morgan fingerprint density at radius 3 is 2.50 bits per heavy atom. The van der Waals surface area contributed by atoms with Crippen LogP contribution in [0.25, 0.3) is 0 Å². The SMILES string of the molecule is Cc1cc2c(cc1CN1CCC3(CCCCNC(=O)c4ccccc4OCCNC3=O)CC1)OCO2. The molecule has 2 N–H and O–H groups in total. The summed E-state index contributed by atoms with van der Waals surface area (Å²) in [7, 11) is 0. The van der Waals surface area contributed by atoms with Crippen LogP contribution in [-0.4, -0.2) is 56.3 Å². The zero-order chi connectivity index (χ0) is 25.0. The van der Waals surface area contributed by atoms with Gasteiger partial charge in [-0.05, 0) is 81.1 Å². The summed E-state index contributed by atoms with van der Waals surface area (Å²) in [4.78, 5) is 28.5. The molecule has 3 heterocycles. The molecular formula is C28H35N3O5. The third-order valence-electron chi connectivity index (χ3n) is 7.66. The molecule has 0 atom stereocenters. The summed E-state index contributed by atoms with van der Waals surface area (Å²) < 4.78 is 16.9. The van der Waals surface area contributed by atoms with Crippen LogP contribution in [0.1, 0.15) is 53.6 Å². The van der Waals surface area contributed by atoms with E-state index in [2.05, 4.69) is 28.5 Å². The van der Waals surface area contributed by atoms with Crippen molar-refractivity contribution in [2.45, 2.75) is 45.6 Å². The second-order valence-corrected chi connectivity index (χ2v) is 10.0. The molecule has 3 aliphatic rings. The van der Waals surface area contributed by atoms with E-state index in [0.29, 0.717) is 31.0 Å². The van der Waals surface area contributed by atoms with Gasteiger partial charge < -0.3 is 24.8 Å². The molecule has 2 aromatic carbocycles. The Morgan fingerprint density at radius 1 is 0.889 bits per heavy atom. The van der Waals surface area contributed by atoms with Gasteiger partial charge in [-0.1, -0.05) is 18.6 Å². The predicted octanol–water partition coefficient (Wildman–Crippen LogP) is 3.41. The fraction of sp³-hybridized carbons (Fsp3) is 0.500. The zero-order valence-electron chi connectivity index (χ0n) is 20.9. The van der Waals surface area contributed by atoms with Crippen LogP contribution in [0, 0.1) is 12.3 Å². The molecule has 1 fully saturated rings. The number of fused-ring (bicyclic) bond motifs is 2. The second-order valence-electron chi connectivity index (χ2n) is 10.0. The number of ether oxygens (including phenoxy) is 3. The van der Waals surface area contributed by atoms with Crippen molar-refractivity contribution < 1.29 is 23.8 Å². The molecule has 0 aromatic heterocycles. The summed E-state index contributed by atoms with van der Waals surface area (Å²) in [6.45, 7) is 6.26. The lowest BCUT2D eigenvalue weighted by Gasteiger charge is -2.41. The Balaban J connectivity index is 1.22. The van der Waals surface area contributed by atoms with E-state index in [-0.39, 0.29) is 24.0 Å². The minimum atomic E-state index is -0.382. The second kappa shape index (κ2) is 10.8. The van der Waals surface area contributed by atoms with Crippen molar-refractivity contribution in [3.63, 3.8) is 0 Å². The lowest BCUT2D eigenvalue weighted by atomic mass is 9.73. The lowest BCUT2D eigenvalue weighted by molar-refractivity contribution is -0.134. The van der Waals surface area contributed by atoms with Gasteiger partial charge in [-0.3, -0.25) is 14.5 Å². The first-order chi connectivity index (χ1) is 17.5. The molecule has 2 amide bonds. The highest BCUT2D eigenvalue weighted by molar-refractivity contribution is 5.96. The van der Waals surface area contributed by atoms with Gasteiger partial charge in [0.15, 0.2) is 11.5 Å². The van der Waals surface area contributed by atoms with Gasteiger partial charge in [0.1, 0.15) is 12.4 Å². The molecular weight excluding hydrogens is 458 g/mol. The van der Waals surface area contributed by atoms with Crippen LogP contribution in [0.3, 0.4) is 0 Å². The Morgan fingerprint density at radius 2 is 1.67 bits per heavy atom. The van der Waals surface area contributed by atoms with Crippen LogP contribution >= 0.6 is 0 Å². The highest BCUT2D eigenvalue weighted by Crippen LogP contribution is 2.39. The van der Waals surface area contributed by atoms with Crippen LogP contribution in [0.4, 0.5) is 0 Å².